The van der Waals surface area contributed by atoms with Gasteiger partial charge in [-0.3, -0.25) is 4.99 Å². The molecule has 42 heavy (non-hydrogen) atoms. The number of guanidine groups is 1. The highest BCUT2D eigenvalue weighted by atomic mass is 19.4. The Labute approximate surface area is 250 Å². The fourth-order valence-electron chi connectivity index (χ4n) is 6.47. The molecule has 1 fully saturated rings. The van der Waals surface area contributed by atoms with E-state index in [0.717, 1.165) is 68.3 Å². The zero-order chi connectivity index (χ0) is 30.3. The molecule has 8 heteroatoms. The molecular formula is C34H50F3N5. The molecule has 0 amide bonds. The summed E-state index contributed by atoms with van der Waals surface area (Å²) in [6, 6.07) is 0. The first kappa shape index (κ1) is 32.3. The third-order valence-corrected chi connectivity index (χ3v) is 9.11. The first-order valence-corrected chi connectivity index (χ1v) is 16.0. The maximum atomic E-state index is 13.4. The van der Waals surface area contributed by atoms with Gasteiger partial charge >= 0.3 is 6.18 Å². The lowest BCUT2D eigenvalue weighted by Crippen LogP contribution is -2.38. The summed E-state index contributed by atoms with van der Waals surface area (Å²) in [4.78, 5) is 17.4. The zero-order valence-corrected chi connectivity index (χ0v) is 26.3. The van der Waals surface area contributed by atoms with E-state index < -0.39 is 11.7 Å². The Kier molecular flexibility index (Phi) is 11.3. The van der Waals surface area contributed by atoms with Crippen LogP contribution in [0.4, 0.5) is 13.2 Å². The van der Waals surface area contributed by atoms with E-state index in [1.807, 2.05) is 6.08 Å². The SMILES string of the molecule is CC1=CC(N=C2N=C(N3CCCCC(C(C)C)CC3)CCC(C)=C(CCC3=CCCC(C(F)(F)F)=C3)N2)=NCC(C)C1. The monoisotopic (exact) mass is 585 g/mol. The lowest BCUT2D eigenvalue weighted by molar-refractivity contribution is -0.0941. The maximum Gasteiger partial charge on any atom is 0.412 e. The highest BCUT2D eigenvalue weighted by Crippen LogP contribution is 2.34. The highest BCUT2D eigenvalue weighted by molar-refractivity contribution is 6.06. The number of aliphatic imine (C=N–C) groups is 3. The van der Waals surface area contributed by atoms with Gasteiger partial charge in [-0.2, -0.15) is 23.2 Å². The summed E-state index contributed by atoms with van der Waals surface area (Å²) in [6.45, 7) is 13.9. The lowest BCUT2D eigenvalue weighted by atomic mass is 9.86. The molecular weight excluding hydrogens is 535 g/mol. The third kappa shape index (κ3) is 9.43. The predicted molar refractivity (Wildman–Crippen MR) is 169 cm³/mol. The van der Waals surface area contributed by atoms with Crippen molar-refractivity contribution < 1.29 is 13.2 Å². The summed E-state index contributed by atoms with van der Waals surface area (Å²) in [5, 5.41) is 3.54. The number of hydrogen-bond acceptors (Lipinski definition) is 3. The summed E-state index contributed by atoms with van der Waals surface area (Å²) >= 11 is 0. The molecule has 3 aliphatic heterocycles. The Morgan fingerprint density at radius 2 is 1.86 bits per heavy atom. The molecule has 0 saturated carbocycles. The molecule has 4 aliphatic rings. The highest BCUT2D eigenvalue weighted by Gasteiger charge is 2.34. The first-order valence-electron chi connectivity index (χ1n) is 16.0. The summed E-state index contributed by atoms with van der Waals surface area (Å²) in [5.41, 5.74) is 3.79. The van der Waals surface area contributed by atoms with Crippen molar-refractivity contribution >= 4 is 17.6 Å². The van der Waals surface area contributed by atoms with E-state index in [9.17, 15) is 13.2 Å². The fourth-order valence-corrected chi connectivity index (χ4v) is 6.47. The predicted octanol–water partition coefficient (Wildman–Crippen LogP) is 8.92. The van der Waals surface area contributed by atoms with Gasteiger partial charge in [-0.25, -0.2) is 0 Å². The number of nitrogens with zero attached hydrogens (tertiary/aromatic N) is 4. The van der Waals surface area contributed by atoms with Crippen molar-refractivity contribution in [2.24, 2.45) is 32.7 Å². The minimum absolute atomic E-state index is 0.0589. The van der Waals surface area contributed by atoms with Gasteiger partial charge in [0.05, 0.1) is 0 Å². The molecule has 3 heterocycles. The standard InChI is InChI=1S/C34H50F3N5/c1-23(2)28-10-6-7-17-42(18-16-28)32-15-12-26(5)30(14-13-27-9-8-11-29(21-27)34(35,36)37)39-33(41-32)40-31-20-24(3)19-25(4)22-38-31/h9,20-21,23,25,28H,6-8,10-19,22H2,1-5H3,(H,38,39,40). The fraction of sp³-hybridized carbons (Fsp3) is 0.676. The number of rotatable bonds is 4. The van der Waals surface area contributed by atoms with Crippen molar-refractivity contribution in [3.63, 3.8) is 0 Å². The molecule has 5 nitrogen and oxygen atoms in total. The molecule has 0 radical (unpaired) electrons. The molecule has 0 aromatic heterocycles. The first-order chi connectivity index (χ1) is 20.0. The molecule has 0 aromatic rings. The van der Waals surface area contributed by atoms with Crippen LogP contribution in [-0.2, 0) is 0 Å². The number of likely N-dealkylation sites (tertiary alicyclic amines) is 1. The second-order valence-electron chi connectivity index (χ2n) is 13.1. The average Bonchev–Trinajstić information content (AvgIpc) is 3.06. The Bertz CT molecular complexity index is 1180. The number of halogens is 3. The van der Waals surface area contributed by atoms with Gasteiger partial charge in [-0.15, -0.1) is 0 Å². The third-order valence-electron chi connectivity index (χ3n) is 9.11. The maximum absolute atomic E-state index is 13.4. The van der Waals surface area contributed by atoms with Gasteiger partial charge in [0.2, 0.25) is 5.96 Å². The van der Waals surface area contributed by atoms with E-state index in [0.29, 0.717) is 42.9 Å². The van der Waals surface area contributed by atoms with Gasteiger partial charge in [-0.1, -0.05) is 62.5 Å². The molecule has 1 N–H and O–H groups in total. The number of alkyl halides is 3. The van der Waals surface area contributed by atoms with E-state index in [1.165, 1.54) is 36.5 Å². The van der Waals surface area contributed by atoms with Crippen molar-refractivity contribution in [1.82, 2.24) is 10.2 Å². The average molecular weight is 586 g/mol. The largest absolute Gasteiger partial charge is 0.412 e. The van der Waals surface area contributed by atoms with Crippen LogP contribution in [0, 0.1) is 17.8 Å². The lowest BCUT2D eigenvalue weighted by Gasteiger charge is -2.33. The van der Waals surface area contributed by atoms with Crippen LogP contribution in [0.2, 0.25) is 0 Å². The van der Waals surface area contributed by atoms with E-state index in [-0.39, 0.29) is 6.42 Å². The summed E-state index contributed by atoms with van der Waals surface area (Å²) in [6.07, 6.45) is 10.3. The van der Waals surface area contributed by atoms with Gasteiger partial charge < -0.3 is 10.2 Å². The van der Waals surface area contributed by atoms with Crippen LogP contribution in [-0.4, -0.2) is 48.3 Å². The topological polar surface area (TPSA) is 52.4 Å². The van der Waals surface area contributed by atoms with Crippen LogP contribution in [0.5, 0.6) is 0 Å². The molecule has 1 aliphatic carbocycles. The Morgan fingerprint density at radius 1 is 1.05 bits per heavy atom. The second kappa shape index (κ2) is 14.7. The van der Waals surface area contributed by atoms with Gasteiger partial charge in [-0.05, 0) is 89.0 Å². The van der Waals surface area contributed by atoms with Crippen molar-refractivity contribution in [1.29, 1.82) is 0 Å². The molecule has 1 saturated heterocycles. The Hall–Kier alpha value is -2.64. The molecule has 2 atom stereocenters. The molecule has 0 bridgehead atoms. The molecule has 4 rings (SSSR count). The van der Waals surface area contributed by atoms with E-state index in [1.54, 1.807) is 0 Å². The van der Waals surface area contributed by atoms with Crippen molar-refractivity contribution in [2.45, 2.75) is 111 Å². The molecule has 0 spiro atoms. The van der Waals surface area contributed by atoms with Gasteiger partial charge in [0.15, 0.2) is 5.84 Å². The van der Waals surface area contributed by atoms with Crippen LogP contribution in [0.1, 0.15) is 105 Å². The van der Waals surface area contributed by atoms with E-state index >= 15 is 0 Å². The minimum atomic E-state index is -4.26. The summed E-state index contributed by atoms with van der Waals surface area (Å²) in [7, 11) is 0. The van der Waals surface area contributed by atoms with Crippen LogP contribution >= 0.6 is 0 Å². The van der Waals surface area contributed by atoms with Gasteiger partial charge in [0, 0.05) is 37.3 Å². The smallest absolute Gasteiger partial charge is 0.360 e. The number of nitrogens with one attached hydrogen (secondary N) is 1. The Morgan fingerprint density at radius 3 is 2.62 bits per heavy atom. The Balaban J connectivity index is 1.60. The molecule has 2 unspecified atom stereocenters. The summed E-state index contributed by atoms with van der Waals surface area (Å²) in [5.74, 6) is 4.17. The normalized spacial score (nSPS) is 26.2. The number of hydrogen-bond donors (Lipinski definition) is 1. The van der Waals surface area contributed by atoms with Crippen molar-refractivity contribution in [3.8, 4) is 0 Å². The molecule has 232 valence electrons. The van der Waals surface area contributed by atoms with Gasteiger partial charge in [0.25, 0.3) is 0 Å². The number of amidine groups is 2. The quantitative estimate of drug-likeness (QED) is 0.358. The van der Waals surface area contributed by atoms with Crippen LogP contribution < -0.4 is 5.32 Å². The minimum Gasteiger partial charge on any atom is -0.360 e. The van der Waals surface area contributed by atoms with E-state index in [2.05, 4.69) is 50.9 Å². The second-order valence-corrected chi connectivity index (χ2v) is 13.1. The van der Waals surface area contributed by atoms with Crippen molar-refractivity contribution in [2.75, 3.05) is 19.6 Å². The van der Waals surface area contributed by atoms with Crippen molar-refractivity contribution in [3.05, 3.63) is 46.2 Å². The zero-order valence-electron chi connectivity index (χ0n) is 26.3. The van der Waals surface area contributed by atoms with Crippen LogP contribution in [0.15, 0.2) is 61.2 Å². The van der Waals surface area contributed by atoms with Gasteiger partial charge in [0.1, 0.15) is 5.84 Å². The summed E-state index contributed by atoms with van der Waals surface area (Å²) < 4.78 is 40.1. The number of allylic oxidation sites excluding steroid dienone is 7. The van der Waals surface area contributed by atoms with Crippen LogP contribution in [0.25, 0.3) is 0 Å². The molecule has 0 aromatic carbocycles. The van der Waals surface area contributed by atoms with Crippen LogP contribution in [0.3, 0.4) is 0 Å². The van der Waals surface area contributed by atoms with E-state index in [4.69, 9.17) is 15.0 Å².